The molecule has 0 aromatic heterocycles. The maximum absolute atomic E-state index is 5.79. The van der Waals surface area contributed by atoms with E-state index in [2.05, 4.69) is 71.5 Å². The zero-order chi connectivity index (χ0) is 20.8. The number of fused-ring (bicyclic) bond motifs is 1. The van der Waals surface area contributed by atoms with Crippen LogP contribution in [-0.2, 0) is 9.47 Å². The van der Waals surface area contributed by atoms with E-state index in [1.165, 1.54) is 41.4 Å². The van der Waals surface area contributed by atoms with E-state index in [1.807, 2.05) is 0 Å². The van der Waals surface area contributed by atoms with Crippen LogP contribution in [0.25, 0.3) is 0 Å². The monoisotopic (exact) mass is 406 g/mol. The fraction of sp³-hybridized carbons (Fsp3) is 0.462. The summed E-state index contributed by atoms with van der Waals surface area (Å²) in [7, 11) is -1.83. The van der Waals surface area contributed by atoms with Gasteiger partial charge in [0.25, 0.3) is 0 Å². The number of hydrogen-bond donors (Lipinski definition) is 0. The summed E-state index contributed by atoms with van der Waals surface area (Å²) >= 11 is 0. The molecule has 0 unspecified atom stereocenters. The number of rotatable bonds is 5. The molecule has 0 N–H and O–H groups in total. The second-order valence-corrected chi connectivity index (χ2v) is 13.5. The molecular formula is C26H34O2Si. The van der Waals surface area contributed by atoms with Gasteiger partial charge >= 0.3 is 0 Å². The van der Waals surface area contributed by atoms with Gasteiger partial charge in [0.05, 0.1) is 21.3 Å². The Morgan fingerprint density at radius 2 is 1.45 bits per heavy atom. The zero-order valence-electron chi connectivity index (χ0n) is 18.8. The molecule has 1 aliphatic heterocycles. The van der Waals surface area contributed by atoms with Gasteiger partial charge in [-0.25, -0.2) is 0 Å². The Labute approximate surface area is 180 Å². The Kier molecular flexibility index (Phi) is 6.50. The van der Waals surface area contributed by atoms with Crippen molar-refractivity contribution < 1.29 is 9.47 Å². The van der Waals surface area contributed by atoms with Crippen molar-refractivity contribution in [1.82, 2.24) is 0 Å². The Hall–Kier alpha value is -0.383. The Morgan fingerprint density at radius 1 is 0.862 bits per heavy atom. The zero-order valence-corrected chi connectivity index (χ0v) is 19.8. The normalized spacial score (nSPS) is 28.9. The average Bonchev–Trinajstić information content (AvgIpc) is 3.19. The quantitative estimate of drug-likeness (QED) is 0.527. The third kappa shape index (κ3) is 3.96. The fourth-order valence-corrected chi connectivity index (χ4v) is 9.26. The molecule has 0 aromatic carbocycles. The van der Waals surface area contributed by atoms with Crippen molar-refractivity contribution in [3.8, 4) is 0 Å². The van der Waals surface area contributed by atoms with Crippen LogP contribution in [0.3, 0.4) is 0 Å². The molecule has 2 saturated carbocycles. The van der Waals surface area contributed by atoms with Gasteiger partial charge in [-0.1, -0.05) is 65.1 Å². The second kappa shape index (κ2) is 8.63. The minimum atomic E-state index is -1.83. The molecule has 0 aromatic rings. The van der Waals surface area contributed by atoms with Gasteiger partial charge in [0.2, 0.25) is 0 Å². The Bertz CT molecular complexity index is 606. The van der Waals surface area contributed by atoms with E-state index in [1.54, 1.807) is 11.1 Å². The maximum Gasteiger partial charge on any atom is 0.157 e. The molecule has 2 nitrogen and oxygen atoms in total. The predicted octanol–water partition coefficient (Wildman–Crippen LogP) is 5.92. The fourth-order valence-electron chi connectivity index (χ4n) is 5.32. The maximum atomic E-state index is 5.79. The Balaban J connectivity index is 1.50. The first-order chi connectivity index (χ1) is 13.8. The Morgan fingerprint density at radius 3 is 2.07 bits per heavy atom. The summed E-state index contributed by atoms with van der Waals surface area (Å²) in [5.74, 6) is 10.3. The summed E-state index contributed by atoms with van der Waals surface area (Å²) in [6.07, 6.45) is 14.4. The molecule has 0 spiro atoms. The van der Waals surface area contributed by atoms with Crippen LogP contribution in [0.2, 0.25) is 13.1 Å². The molecule has 154 valence electrons. The van der Waals surface area contributed by atoms with Crippen molar-refractivity contribution >= 4 is 8.07 Å². The first-order valence-electron chi connectivity index (χ1n) is 11.0. The standard InChI is InChI=1S/C26H34O2Si/c1-17-18(2)20(4)26(19(17)3)29(5,6)24-16-21(22-10-7-8-11-23(22)24)12-13-25-27-14-9-15-28-25/h7-8,10-11,16,25H,9,12-15H2,1-6H3. The van der Waals surface area contributed by atoms with Gasteiger partial charge in [-0.15, -0.1) is 0 Å². The van der Waals surface area contributed by atoms with Crippen LogP contribution >= 0.6 is 0 Å². The third-order valence-electron chi connectivity index (χ3n) is 7.16. The number of ether oxygens (including phenoxy) is 2. The van der Waals surface area contributed by atoms with E-state index < -0.39 is 8.07 Å². The first kappa shape index (κ1) is 21.8. The lowest BCUT2D eigenvalue weighted by Crippen LogP contribution is -2.46. The molecule has 3 heteroatoms. The van der Waals surface area contributed by atoms with Crippen LogP contribution < -0.4 is 0 Å². The van der Waals surface area contributed by atoms with Gasteiger partial charge in [0.15, 0.2) is 6.29 Å². The van der Waals surface area contributed by atoms with E-state index in [0.717, 1.165) is 32.5 Å². The molecule has 3 fully saturated rings. The van der Waals surface area contributed by atoms with Gasteiger partial charge in [0, 0.05) is 11.8 Å². The molecule has 10 radical (unpaired) electrons. The molecule has 4 aliphatic rings. The van der Waals surface area contributed by atoms with Crippen LogP contribution in [0.15, 0.2) is 24.3 Å². The number of hydrogen-bond acceptors (Lipinski definition) is 2. The van der Waals surface area contributed by atoms with Crippen molar-refractivity contribution in [2.45, 2.75) is 66.3 Å². The molecule has 4 rings (SSSR count). The van der Waals surface area contributed by atoms with Crippen molar-refractivity contribution in [2.75, 3.05) is 13.2 Å². The summed E-state index contributed by atoms with van der Waals surface area (Å²) in [6, 6.07) is 0. The van der Waals surface area contributed by atoms with Crippen LogP contribution in [0.5, 0.6) is 0 Å². The summed E-state index contributed by atoms with van der Waals surface area (Å²) < 4.78 is 11.6. The minimum Gasteiger partial charge on any atom is -0.353 e. The van der Waals surface area contributed by atoms with Crippen LogP contribution in [0.1, 0.15) is 47.0 Å². The predicted molar refractivity (Wildman–Crippen MR) is 121 cm³/mol. The van der Waals surface area contributed by atoms with Crippen molar-refractivity contribution in [3.63, 3.8) is 0 Å². The van der Waals surface area contributed by atoms with Crippen LogP contribution in [0.4, 0.5) is 0 Å². The highest BCUT2D eigenvalue weighted by Crippen LogP contribution is 2.62. The lowest BCUT2D eigenvalue weighted by molar-refractivity contribution is -0.181. The van der Waals surface area contributed by atoms with Gasteiger partial charge in [-0.3, -0.25) is 0 Å². The molecule has 0 atom stereocenters. The molecule has 1 saturated heterocycles. The van der Waals surface area contributed by atoms with E-state index in [9.17, 15) is 0 Å². The molecular weight excluding hydrogens is 372 g/mol. The van der Waals surface area contributed by atoms with Gasteiger partial charge in [0.1, 0.15) is 0 Å². The van der Waals surface area contributed by atoms with E-state index in [0.29, 0.717) is 0 Å². The minimum absolute atomic E-state index is 0.0454. The van der Waals surface area contributed by atoms with E-state index >= 15 is 0 Å². The highest BCUT2D eigenvalue weighted by molar-refractivity contribution is 6.90. The molecule has 29 heavy (non-hydrogen) atoms. The largest absolute Gasteiger partial charge is 0.353 e. The van der Waals surface area contributed by atoms with Crippen molar-refractivity contribution in [3.05, 3.63) is 83.2 Å². The van der Waals surface area contributed by atoms with Gasteiger partial charge in [-0.05, 0) is 66.4 Å². The average molecular weight is 407 g/mol. The lowest BCUT2D eigenvalue weighted by Gasteiger charge is -2.42. The molecule has 1 heterocycles. The van der Waals surface area contributed by atoms with Crippen molar-refractivity contribution in [2.24, 2.45) is 0 Å². The topological polar surface area (TPSA) is 18.5 Å². The van der Waals surface area contributed by atoms with Crippen molar-refractivity contribution in [1.29, 1.82) is 0 Å². The highest BCUT2D eigenvalue weighted by Gasteiger charge is 2.58. The third-order valence-corrected chi connectivity index (χ3v) is 10.9. The molecule has 3 aliphatic carbocycles. The summed E-state index contributed by atoms with van der Waals surface area (Å²) in [5, 5.41) is 0. The second-order valence-electron chi connectivity index (χ2n) is 9.19. The number of allylic oxidation sites excluding steroid dienone is 4. The first-order valence-corrected chi connectivity index (χ1v) is 14.0. The molecule has 0 bridgehead atoms. The summed E-state index contributed by atoms with van der Waals surface area (Å²) in [4.78, 5) is 0. The van der Waals surface area contributed by atoms with E-state index in [4.69, 9.17) is 9.47 Å². The van der Waals surface area contributed by atoms with Gasteiger partial charge < -0.3 is 9.47 Å². The van der Waals surface area contributed by atoms with Crippen LogP contribution in [0, 0.1) is 58.9 Å². The molecule has 0 amide bonds. The highest BCUT2D eigenvalue weighted by atomic mass is 28.3. The lowest BCUT2D eigenvalue weighted by atomic mass is 9.84. The van der Waals surface area contributed by atoms with Gasteiger partial charge in [-0.2, -0.15) is 0 Å². The van der Waals surface area contributed by atoms with E-state index in [-0.39, 0.29) is 6.29 Å². The van der Waals surface area contributed by atoms with Crippen LogP contribution in [-0.4, -0.2) is 27.6 Å². The smallest absolute Gasteiger partial charge is 0.157 e. The summed E-state index contributed by atoms with van der Waals surface area (Å²) in [5.41, 5.74) is 3.21. The summed E-state index contributed by atoms with van der Waals surface area (Å²) in [6.45, 7) is 15.9. The SMILES string of the molecule is C[C]1[C](C)[C](C)[C]([Si](C)(C)[C]2[CH][C](CCC3OCCCO3)[C]3C=CC=C[C]32)[C]1C.